The van der Waals surface area contributed by atoms with E-state index in [9.17, 15) is 4.79 Å². The molecular formula is C13H28N4O. The first-order valence-electron chi connectivity index (χ1n) is 6.79. The van der Waals surface area contributed by atoms with Crippen LogP contribution >= 0.6 is 0 Å². The first-order chi connectivity index (χ1) is 8.30. The SMILES string of the molecule is CCN(C(C)CN(C)C)C1CCC(N)(C(N)=O)C1. The zero-order valence-electron chi connectivity index (χ0n) is 12.1. The van der Waals surface area contributed by atoms with Gasteiger partial charge in [0.1, 0.15) is 0 Å². The van der Waals surface area contributed by atoms with Gasteiger partial charge in [0, 0.05) is 18.6 Å². The van der Waals surface area contributed by atoms with Crippen LogP contribution in [0.15, 0.2) is 0 Å². The Hall–Kier alpha value is -0.650. The molecule has 5 heteroatoms. The first kappa shape index (κ1) is 15.4. The molecule has 0 aliphatic heterocycles. The first-order valence-corrected chi connectivity index (χ1v) is 6.79. The van der Waals surface area contributed by atoms with E-state index in [0.717, 1.165) is 19.5 Å². The minimum Gasteiger partial charge on any atom is -0.368 e. The fraction of sp³-hybridized carbons (Fsp3) is 0.923. The van der Waals surface area contributed by atoms with E-state index in [4.69, 9.17) is 11.5 Å². The molecule has 0 aromatic carbocycles. The number of likely N-dealkylation sites (N-methyl/N-ethyl adjacent to an activating group) is 2. The molecule has 0 spiro atoms. The summed E-state index contributed by atoms with van der Waals surface area (Å²) in [5.74, 6) is -0.360. The second-order valence-electron chi connectivity index (χ2n) is 5.86. The number of carbonyl (C=O) groups excluding carboxylic acids is 1. The molecule has 1 aliphatic rings. The number of nitrogens with zero attached hydrogens (tertiary/aromatic N) is 2. The van der Waals surface area contributed by atoms with Crippen LogP contribution < -0.4 is 11.5 Å². The van der Waals surface area contributed by atoms with Gasteiger partial charge in [-0.2, -0.15) is 0 Å². The average Bonchev–Trinajstić information content (AvgIpc) is 2.62. The summed E-state index contributed by atoms with van der Waals surface area (Å²) in [6.07, 6.45) is 2.36. The predicted octanol–water partition coefficient (Wildman–Crippen LogP) is -0.00630. The average molecular weight is 256 g/mol. The van der Waals surface area contributed by atoms with Gasteiger partial charge in [-0.3, -0.25) is 9.69 Å². The van der Waals surface area contributed by atoms with Crippen molar-refractivity contribution in [1.82, 2.24) is 9.80 Å². The van der Waals surface area contributed by atoms with Crippen molar-refractivity contribution in [2.24, 2.45) is 11.5 Å². The van der Waals surface area contributed by atoms with Crippen LogP contribution in [0.2, 0.25) is 0 Å². The van der Waals surface area contributed by atoms with Crippen LogP contribution in [-0.4, -0.2) is 60.5 Å². The summed E-state index contributed by atoms with van der Waals surface area (Å²) in [5, 5.41) is 0. The summed E-state index contributed by atoms with van der Waals surface area (Å²) >= 11 is 0. The van der Waals surface area contributed by atoms with Crippen molar-refractivity contribution in [2.45, 2.75) is 50.7 Å². The van der Waals surface area contributed by atoms with Crippen molar-refractivity contribution >= 4 is 5.91 Å². The Balaban J connectivity index is 2.66. The molecular weight excluding hydrogens is 228 g/mol. The molecule has 1 aliphatic carbocycles. The van der Waals surface area contributed by atoms with Gasteiger partial charge < -0.3 is 16.4 Å². The Morgan fingerprint density at radius 1 is 1.50 bits per heavy atom. The molecule has 1 fully saturated rings. The van der Waals surface area contributed by atoms with Gasteiger partial charge in [-0.1, -0.05) is 6.92 Å². The number of hydrogen-bond donors (Lipinski definition) is 2. The van der Waals surface area contributed by atoms with Gasteiger partial charge in [-0.25, -0.2) is 0 Å². The topological polar surface area (TPSA) is 75.6 Å². The van der Waals surface area contributed by atoms with E-state index in [1.807, 2.05) is 0 Å². The van der Waals surface area contributed by atoms with Crippen molar-refractivity contribution in [1.29, 1.82) is 0 Å². The summed E-state index contributed by atoms with van der Waals surface area (Å²) in [6.45, 7) is 6.38. The molecule has 1 saturated carbocycles. The van der Waals surface area contributed by atoms with Crippen molar-refractivity contribution in [2.75, 3.05) is 27.2 Å². The molecule has 0 saturated heterocycles. The highest BCUT2D eigenvalue weighted by molar-refractivity contribution is 5.84. The summed E-state index contributed by atoms with van der Waals surface area (Å²) < 4.78 is 0. The van der Waals surface area contributed by atoms with Gasteiger partial charge in [0.25, 0.3) is 0 Å². The van der Waals surface area contributed by atoms with Gasteiger partial charge >= 0.3 is 0 Å². The molecule has 106 valence electrons. The summed E-state index contributed by atoms with van der Waals surface area (Å²) in [5.41, 5.74) is 10.7. The third-order valence-corrected chi connectivity index (χ3v) is 4.04. The summed E-state index contributed by atoms with van der Waals surface area (Å²) in [4.78, 5) is 16.0. The number of carbonyl (C=O) groups is 1. The van der Waals surface area contributed by atoms with Crippen LogP contribution in [0.25, 0.3) is 0 Å². The fourth-order valence-corrected chi connectivity index (χ4v) is 3.12. The second-order valence-corrected chi connectivity index (χ2v) is 5.86. The Bertz CT molecular complexity index is 295. The maximum absolute atomic E-state index is 11.4. The largest absolute Gasteiger partial charge is 0.368 e. The lowest BCUT2D eigenvalue weighted by atomic mass is 9.98. The highest BCUT2D eigenvalue weighted by Gasteiger charge is 2.43. The molecule has 18 heavy (non-hydrogen) atoms. The molecule has 0 aromatic heterocycles. The zero-order valence-corrected chi connectivity index (χ0v) is 12.1. The number of rotatable bonds is 6. The lowest BCUT2D eigenvalue weighted by Crippen LogP contribution is -2.52. The number of primary amides is 1. The fourth-order valence-electron chi connectivity index (χ4n) is 3.12. The van der Waals surface area contributed by atoms with Gasteiger partial charge in [0.15, 0.2) is 0 Å². The molecule has 0 bridgehead atoms. The smallest absolute Gasteiger partial charge is 0.237 e. The summed E-state index contributed by atoms with van der Waals surface area (Å²) in [6, 6.07) is 0.840. The Labute approximate surface area is 110 Å². The van der Waals surface area contributed by atoms with Crippen molar-refractivity contribution < 1.29 is 4.79 Å². The van der Waals surface area contributed by atoms with E-state index in [-0.39, 0.29) is 5.91 Å². The van der Waals surface area contributed by atoms with Gasteiger partial charge in [-0.15, -0.1) is 0 Å². The van der Waals surface area contributed by atoms with Crippen molar-refractivity contribution in [3.63, 3.8) is 0 Å². The van der Waals surface area contributed by atoms with Crippen LogP contribution in [0, 0.1) is 0 Å². The molecule has 1 rings (SSSR count). The Kier molecular flexibility index (Phi) is 5.13. The predicted molar refractivity (Wildman–Crippen MR) is 74.1 cm³/mol. The quantitative estimate of drug-likeness (QED) is 0.701. The number of nitrogens with two attached hydrogens (primary N) is 2. The van der Waals surface area contributed by atoms with Crippen LogP contribution in [0.1, 0.15) is 33.1 Å². The number of hydrogen-bond acceptors (Lipinski definition) is 4. The highest BCUT2D eigenvalue weighted by atomic mass is 16.1. The minimum absolute atomic E-state index is 0.360. The normalized spacial score (nSPS) is 30.1. The van der Waals surface area contributed by atoms with Gasteiger partial charge in [0.05, 0.1) is 5.54 Å². The maximum atomic E-state index is 11.4. The third kappa shape index (κ3) is 3.43. The van der Waals surface area contributed by atoms with E-state index in [1.165, 1.54) is 0 Å². The monoisotopic (exact) mass is 256 g/mol. The lowest BCUT2D eigenvalue weighted by molar-refractivity contribution is -0.123. The van der Waals surface area contributed by atoms with E-state index in [2.05, 4.69) is 37.7 Å². The Morgan fingerprint density at radius 2 is 2.11 bits per heavy atom. The maximum Gasteiger partial charge on any atom is 0.237 e. The third-order valence-electron chi connectivity index (χ3n) is 4.04. The minimum atomic E-state index is -0.796. The zero-order chi connectivity index (χ0) is 13.9. The van der Waals surface area contributed by atoms with E-state index >= 15 is 0 Å². The molecule has 5 nitrogen and oxygen atoms in total. The lowest BCUT2D eigenvalue weighted by Gasteiger charge is -2.35. The standard InChI is InChI=1S/C13H28N4O/c1-5-17(10(2)9-16(3)4)11-6-7-13(15,8-11)12(14)18/h10-11H,5-9,15H2,1-4H3,(H2,14,18). The number of amides is 1. The molecule has 1 amide bonds. The van der Waals surface area contributed by atoms with Crippen LogP contribution in [0.5, 0.6) is 0 Å². The molecule has 0 aromatic rings. The van der Waals surface area contributed by atoms with E-state index < -0.39 is 5.54 Å². The van der Waals surface area contributed by atoms with Gasteiger partial charge in [0.2, 0.25) is 5.91 Å². The van der Waals surface area contributed by atoms with Crippen molar-refractivity contribution in [3.05, 3.63) is 0 Å². The van der Waals surface area contributed by atoms with E-state index in [1.54, 1.807) is 0 Å². The Morgan fingerprint density at radius 3 is 2.50 bits per heavy atom. The highest BCUT2D eigenvalue weighted by Crippen LogP contribution is 2.32. The van der Waals surface area contributed by atoms with Crippen LogP contribution in [0.3, 0.4) is 0 Å². The van der Waals surface area contributed by atoms with Crippen molar-refractivity contribution in [3.8, 4) is 0 Å². The second kappa shape index (κ2) is 5.99. The van der Waals surface area contributed by atoms with Crippen LogP contribution in [0.4, 0.5) is 0 Å². The molecule has 0 heterocycles. The van der Waals surface area contributed by atoms with Gasteiger partial charge in [-0.05, 0) is 46.8 Å². The molecule has 4 N–H and O–H groups in total. The summed E-state index contributed by atoms with van der Waals surface area (Å²) in [7, 11) is 4.16. The molecule has 3 atom stereocenters. The molecule has 3 unspecified atom stereocenters. The van der Waals surface area contributed by atoms with Crippen LogP contribution in [-0.2, 0) is 4.79 Å². The molecule has 0 radical (unpaired) electrons. The van der Waals surface area contributed by atoms with E-state index in [0.29, 0.717) is 24.9 Å².